The van der Waals surface area contributed by atoms with Crippen LogP contribution in [0.25, 0.3) is 0 Å². The Morgan fingerprint density at radius 3 is 2.58 bits per heavy atom. The number of halogens is 2. The second kappa shape index (κ2) is 8.19. The number of hydrogen-bond acceptors (Lipinski definition) is 4. The first-order chi connectivity index (χ1) is 12.6. The zero-order valence-electron chi connectivity index (χ0n) is 13.7. The first-order valence-electron chi connectivity index (χ1n) is 7.85. The summed E-state index contributed by atoms with van der Waals surface area (Å²) in [5.41, 5.74) is 1.97. The van der Waals surface area contributed by atoms with Crippen LogP contribution in [0.15, 0.2) is 55.1 Å². The Kier molecular flexibility index (Phi) is 5.52. The summed E-state index contributed by atoms with van der Waals surface area (Å²) in [6.45, 7) is 0.578. The molecule has 0 aliphatic carbocycles. The number of rotatable bonds is 7. The molecule has 6 nitrogen and oxygen atoms in total. The first kappa shape index (κ1) is 17.5. The molecule has 26 heavy (non-hydrogen) atoms. The smallest absolute Gasteiger partial charge is 0.258 e. The Morgan fingerprint density at radius 1 is 1.12 bits per heavy atom. The summed E-state index contributed by atoms with van der Waals surface area (Å²) in [5.74, 6) is -2.12. The largest absolute Gasteiger partial charge is 0.481 e. The Bertz CT molecular complexity index is 867. The maximum atomic E-state index is 13.4. The number of amides is 1. The molecule has 0 saturated carbocycles. The highest BCUT2D eigenvalue weighted by atomic mass is 19.1. The molecule has 0 unspecified atom stereocenters. The van der Waals surface area contributed by atoms with E-state index < -0.39 is 17.5 Å². The summed E-state index contributed by atoms with van der Waals surface area (Å²) in [6, 6.07) is 10.6. The molecule has 0 spiro atoms. The second-order valence-corrected chi connectivity index (χ2v) is 5.55. The third-order valence-corrected chi connectivity index (χ3v) is 3.58. The number of benzene rings is 2. The highest BCUT2D eigenvalue weighted by Crippen LogP contribution is 2.17. The molecule has 1 aromatic heterocycles. The van der Waals surface area contributed by atoms with Gasteiger partial charge in [-0.1, -0.05) is 24.3 Å². The Labute approximate surface area is 148 Å². The molecule has 3 rings (SSSR count). The molecule has 0 aliphatic heterocycles. The molecule has 0 fully saturated rings. The molecule has 1 N–H and O–H groups in total. The standard InChI is InChI=1S/C18H16F2N4O2/c19-15-5-6-17(16(20)7-15)26-10-18(25)22-8-13-1-3-14(4-2-13)9-24-12-21-11-23-24/h1-7,11-12H,8-10H2,(H,22,25). The average Bonchev–Trinajstić information content (AvgIpc) is 3.13. The number of ether oxygens (including phenoxy) is 1. The lowest BCUT2D eigenvalue weighted by Gasteiger charge is -2.09. The van der Waals surface area contributed by atoms with Gasteiger partial charge in [0, 0.05) is 12.6 Å². The monoisotopic (exact) mass is 358 g/mol. The van der Waals surface area contributed by atoms with E-state index in [1.807, 2.05) is 24.3 Å². The van der Waals surface area contributed by atoms with E-state index in [4.69, 9.17) is 4.74 Å². The maximum absolute atomic E-state index is 13.4. The fraction of sp³-hybridized carbons (Fsp3) is 0.167. The number of nitrogens with one attached hydrogen (secondary N) is 1. The topological polar surface area (TPSA) is 69.0 Å². The van der Waals surface area contributed by atoms with E-state index in [1.54, 1.807) is 11.0 Å². The van der Waals surface area contributed by atoms with E-state index in [1.165, 1.54) is 6.33 Å². The van der Waals surface area contributed by atoms with E-state index in [0.29, 0.717) is 19.2 Å². The van der Waals surface area contributed by atoms with Crippen molar-refractivity contribution in [2.45, 2.75) is 13.1 Å². The van der Waals surface area contributed by atoms with Gasteiger partial charge in [-0.2, -0.15) is 5.10 Å². The summed E-state index contributed by atoms with van der Waals surface area (Å²) in [6.07, 6.45) is 3.11. The predicted octanol–water partition coefficient (Wildman–Crippen LogP) is 2.30. The van der Waals surface area contributed by atoms with Crippen molar-refractivity contribution in [1.29, 1.82) is 0 Å². The summed E-state index contributed by atoms with van der Waals surface area (Å²) in [4.78, 5) is 15.7. The molecular formula is C18H16F2N4O2. The van der Waals surface area contributed by atoms with Gasteiger partial charge >= 0.3 is 0 Å². The molecule has 0 atom stereocenters. The molecule has 0 bridgehead atoms. The van der Waals surface area contributed by atoms with Gasteiger partial charge in [0.25, 0.3) is 5.91 Å². The average molecular weight is 358 g/mol. The third-order valence-electron chi connectivity index (χ3n) is 3.58. The zero-order valence-corrected chi connectivity index (χ0v) is 13.7. The first-order valence-corrected chi connectivity index (χ1v) is 7.85. The normalized spacial score (nSPS) is 10.5. The van der Waals surface area contributed by atoms with Crippen molar-refractivity contribution in [2.24, 2.45) is 0 Å². The van der Waals surface area contributed by atoms with Crippen molar-refractivity contribution in [3.8, 4) is 5.75 Å². The molecular weight excluding hydrogens is 342 g/mol. The third kappa shape index (κ3) is 4.85. The minimum absolute atomic E-state index is 0.168. The summed E-state index contributed by atoms with van der Waals surface area (Å²) in [7, 11) is 0. The van der Waals surface area contributed by atoms with Gasteiger partial charge < -0.3 is 10.1 Å². The number of aromatic nitrogens is 3. The summed E-state index contributed by atoms with van der Waals surface area (Å²) < 4.78 is 33.0. The van der Waals surface area contributed by atoms with Crippen molar-refractivity contribution < 1.29 is 18.3 Å². The summed E-state index contributed by atoms with van der Waals surface area (Å²) in [5, 5.41) is 6.71. The van der Waals surface area contributed by atoms with Gasteiger partial charge in [-0.15, -0.1) is 0 Å². The van der Waals surface area contributed by atoms with Crippen molar-refractivity contribution in [3.63, 3.8) is 0 Å². The van der Waals surface area contributed by atoms with Crippen LogP contribution in [0.4, 0.5) is 8.78 Å². The van der Waals surface area contributed by atoms with E-state index in [-0.39, 0.29) is 12.4 Å². The van der Waals surface area contributed by atoms with Crippen molar-refractivity contribution in [3.05, 3.63) is 77.9 Å². The fourth-order valence-corrected chi connectivity index (χ4v) is 2.25. The molecule has 0 radical (unpaired) electrons. The molecule has 1 heterocycles. The SMILES string of the molecule is O=C(COc1ccc(F)cc1F)NCc1ccc(Cn2cncn2)cc1. The van der Waals surface area contributed by atoms with Gasteiger partial charge in [0.15, 0.2) is 18.2 Å². The minimum atomic E-state index is -0.847. The lowest BCUT2D eigenvalue weighted by atomic mass is 10.1. The van der Waals surface area contributed by atoms with Gasteiger partial charge in [-0.05, 0) is 23.3 Å². The molecule has 0 aliphatic rings. The highest BCUT2D eigenvalue weighted by Gasteiger charge is 2.08. The Balaban J connectivity index is 1.45. The zero-order chi connectivity index (χ0) is 18.4. The van der Waals surface area contributed by atoms with Gasteiger partial charge in [-0.3, -0.25) is 4.79 Å². The fourth-order valence-electron chi connectivity index (χ4n) is 2.25. The number of hydrogen-bond donors (Lipinski definition) is 1. The lowest BCUT2D eigenvalue weighted by molar-refractivity contribution is -0.123. The number of carbonyl (C=O) groups is 1. The lowest BCUT2D eigenvalue weighted by Crippen LogP contribution is -2.28. The Morgan fingerprint density at radius 2 is 1.88 bits per heavy atom. The Hall–Kier alpha value is -3.29. The van der Waals surface area contributed by atoms with E-state index >= 15 is 0 Å². The molecule has 8 heteroatoms. The predicted molar refractivity (Wildman–Crippen MR) is 89.3 cm³/mol. The molecule has 2 aromatic carbocycles. The van der Waals surface area contributed by atoms with E-state index in [9.17, 15) is 13.6 Å². The maximum Gasteiger partial charge on any atom is 0.258 e. The number of carbonyl (C=O) groups excluding carboxylic acids is 1. The van der Waals surface area contributed by atoms with Crippen molar-refractivity contribution in [2.75, 3.05) is 6.61 Å². The van der Waals surface area contributed by atoms with Crippen LogP contribution in [-0.2, 0) is 17.9 Å². The van der Waals surface area contributed by atoms with Gasteiger partial charge in [0.2, 0.25) is 0 Å². The quantitative estimate of drug-likeness (QED) is 0.704. The molecule has 134 valence electrons. The van der Waals surface area contributed by atoms with Crippen LogP contribution in [-0.4, -0.2) is 27.3 Å². The van der Waals surface area contributed by atoms with E-state index in [2.05, 4.69) is 15.4 Å². The van der Waals surface area contributed by atoms with Crippen LogP contribution < -0.4 is 10.1 Å². The number of nitrogens with zero attached hydrogens (tertiary/aromatic N) is 3. The van der Waals surface area contributed by atoms with E-state index in [0.717, 1.165) is 23.3 Å². The van der Waals surface area contributed by atoms with Gasteiger partial charge in [-0.25, -0.2) is 18.4 Å². The van der Waals surface area contributed by atoms with Crippen LogP contribution in [0.3, 0.4) is 0 Å². The van der Waals surface area contributed by atoms with Crippen LogP contribution in [0.2, 0.25) is 0 Å². The van der Waals surface area contributed by atoms with Crippen LogP contribution >= 0.6 is 0 Å². The molecule has 0 saturated heterocycles. The van der Waals surface area contributed by atoms with Crippen molar-refractivity contribution in [1.82, 2.24) is 20.1 Å². The highest BCUT2D eigenvalue weighted by molar-refractivity contribution is 5.77. The van der Waals surface area contributed by atoms with Crippen LogP contribution in [0.5, 0.6) is 5.75 Å². The molecule has 1 amide bonds. The van der Waals surface area contributed by atoms with Gasteiger partial charge in [0.05, 0.1) is 6.54 Å². The van der Waals surface area contributed by atoms with Crippen molar-refractivity contribution >= 4 is 5.91 Å². The van der Waals surface area contributed by atoms with Crippen LogP contribution in [0.1, 0.15) is 11.1 Å². The van der Waals surface area contributed by atoms with Gasteiger partial charge in [0.1, 0.15) is 18.5 Å². The minimum Gasteiger partial charge on any atom is -0.481 e. The molecule has 3 aromatic rings. The second-order valence-electron chi connectivity index (χ2n) is 5.55. The van der Waals surface area contributed by atoms with Crippen LogP contribution in [0, 0.1) is 11.6 Å². The summed E-state index contributed by atoms with van der Waals surface area (Å²) >= 11 is 0.